The molecule has 282 valence electrons. The van der Waals surface area contributed by atoms with Crippen LogP contribution in [0.2, 0.25) is 0 Å². The Balaban J connectivity index is 1.43. The maximum atomic E-state index is 14.4. The Morgan fingerprint density at radius 3 is 2.15 bits per heavy atom. The fourth-order valence-corrected chi connectivity index (χ4v) is 5.93. The van der Waals surface area contributed by atoms with Crippen LogP contribution in [-0.4, -0.2) is 103 Å². The van der Waals surface area contributed by atoms with Crippen molar-refractivity contribution < 1.29 is 52.1 Å². The Bertz CT molecular complexity index is 1740. The van der Waals surface area contributed by atoms with Gasteiger partial charge in [-0.25, -0.2) is 0 Å². The molecule has 3 aromatic rings. The van der Waals surface area contributed by atoms with E-state index in [2.05, 4.69) is 26.0 Å². The molecule has 0 unspecified atom stereocenters. The number of carbonyl (C=O) groups is 5. The number of benzene rings is 3. The molecule has 5 amide bonds. The molecule has 3 heterocycles. The van der Waals surface area contributed by atoms with Crippen molar-refractivity contribution in [3.63, 3.8) is 0 Å². The van der Waals surface area contributed by atoms with E-state index in [1.54, 1.807) is 54.6 Å². The van der Waals surface area contributed by atoms with Crippen LogP contribution in [0.25, 0.3) is 0 Å². The maximum absolute atomic E-state index is 14.4. The number of nitrogens with zero attached hydrogens (tertiary/aromatic N) is 1. The van der Waals surface area contributed by atoms with Crippen LogP contribution >= 0.6 is 0 Å². The molecule has 6 rings (SSSR count). The highest BCUT2D eigenvalue weighted by Crippen LogP contribution is 2.32. The molecule has 14 nitrogen and oxygen atoms in total. The van der Waals surface area contributed by atoms with E-state index in [9.17, 15) is 37.9 Å². The molecule has 2 bridgehead atoms. The van der Waals surface area contributed by atoms with Gasteiger partial charge in [0.15, 0.2) is 5.60 Å². The van der Waals surface area contributed by atoms with Crippen molar-refractivity contribution in [1.29, 1.82) is 0 Å². The zero-order valence-electron chi connectivity index (χ0n) is 28.9. The molecule has 0 aliphatic carbocycles. The Labute approximate surface area is 304 Å². The lowest BCUT2D eigenvalue weighted by molar-refractivity contribution is -0.144. The standard InChI is InChI=1S/C37H41F2N5O9/c1-23-31(46)40-17-20-51-26-11-13-28(14-12-26)53-37(15-18-44(19-16-37)34(49)25-7-9-27(10-8-25)52-36(38)39)35(50)43-29(21-24-5-3-2-4-6-24)32(47)42-30(22-45)33(48)41-23/h2-14,23,29-30,36,45H,15-22H2,1H3,(H,40,46)(H,41,48)(H,42,47)(H,43,50)/t23-,29+,30-/m0/s1. The van der Waals surface area contributed by atoms with E-state index in [0.29, 0.717) is 17.1 Å². The first-order valence-electron chi connectivity index (χ1n) is 17.1. The third-order valence-electron chi connectivity index (χ3n) is 8.88. The van der Waals surface area contributed by atoms with Crippen LogP contribution in [0.4, 0.5) is 8.78 Å². The summed E-state index contributed by atoms with van der Waals surface area (Å²) in [5.74, 6) is -2.47. The summed E-state index contributed by atoms with van der Waals surface area (Å²) in [5.41, 5.74) is -0.651. The number of likely N-dealkylation sites (tertiary alicyclic amines) is 1. The molecule has 53 heavy (non-hydrogen) atoms. The molecule has 16 heteroatoms. The first-order valence-corrected chi connectivity index (χ1v) is 17.1. The predicted octanol–water partition coefficient (Wildman–Crippen LogP) is 1.56. The number of rotatable bonds is 6. The van der Waals surface area contributed by atoms with Crippen molar-refractivity contribution in [2.24, 2.45) is 0 Å². The summed E-state index contributed by atoms with van der Waals surface area (Å²) in [4.78, 5) is 68.7. The van der Waals surface area contributed by atoms with E-state index in [1.165, 1.54) is 36.1 Å². The van der Waals surface area contributed by atoms with Gasteiger partial charge in [-0.1, -0.05) is 30.3 Å². The minimum Gasteiger partial charge on any atom is -0.492 e. The average Bonchev–Trinajstić information content (AvgIpc) is 3.15. The smallest absolute Gasteiger partial charge is 0.387 e. The van der Waals surface area contributed by atoms with Gasteiger partial charge < -0.3 is 45.5 Å². The minimum atomic E-state index is -3.01. The molecule has 0 radical (unpaired) electrons. The van der Waals surface area contributed by atoms with Crippen molar-refractivity contribution in [3.05, 3.63) is 90.0 Å². The molecule has 0 saturated carbocycles. The number of alkyl halides is 2. The summed E-state index contributed by atoms with van der Waals surface area (Å²) in [6.07, 6.45) is 0.0255. The second-order valence-corrected chi connectivity index (χ2v) is 12.6. The fraction of sp³-hybridized carbons (Fsp3) is 0.378. The number of hydrogen-bond acceptors (Lipinski definition) is 9. The van der Waals surface area contributed by atoms with Gasteiger partial charge in [-0.05, 0) is 61.0 Å². The number of aliphatic hydroxyl groups excluding tert-OH is 1. The van der Waals surface area contributed by atoms with Crippen LogP contribution < -0.4 is 35.5 Å². The van der Waals surface area contributed by atoms with Gasteiger partial charge in [0, 0.05) is 37.9 Å². The number of piperidine rings is 1. The zero-order valence-corrected chi connectivity index (χ0v) is 28.9. The number of aliphatic hydroxyl groups is 1. The maximum Gasteiger partial charge on any atom is 0.387 e. The second-order valence-electron chi connectivity index (χ2n) is 12.6. The van der Waals surface area contributed by atoms with Crippen LogP contribution in [-0.2, 0) is 25.6 Å². The predicted molar refractivity (Wildman–Crippen MR) is 185 cm³/mol. The summed E-state index contributed by atoms with van der Waals surface area (Å²) in [5, 5.41) is 20.5. The highest BCUT2D eigenvalue weighted by molar-refractivity contribution is 5.97. The molecule has 1 spiro atoms. The summed E-state index contributed by atoms with van der Waals surface area (Å²) in [7, 11) is 0. The summed E-state index contributed by atoms with van der Waals surface area (Å²) >= 11 is 0. The van der Waals surface area contributed by atoms with Crippen molar-refractivity contribution in [1.82, 2.24) is 26.2 Å². The summed E-state index contributed by atoms with van der Waals surface area (Å²) in [6, 6.07) is 16.9. The monoisotopic (exact) mass is 737 g/mol. The molecular weight excluding hydrogens is 696 g/mol. The Morgan fingerprint density at radius 2 is 1.51 bits per heavy atom. The Hall–Kier alpha value is -5.77. The summed E-state index contributed by atoms with van der Waals surface area (Å²) < 4.78 is 41.7. The van der Waals surface area contributed by atoms with Crippen LogP contribution in [0.1, 0.15) is 35.7 Å². The van der Waals surface area contributed by atoms with Crippen LogP contribution in [0.15, 0.2) is 78.9 Å². The third kappa shape index (κ3) is 10.2. The van der Waals surface area contributed by atoms with Crippen molar-refractivity contribution in [2.75, 3.05) is 32.8 Å². The van der Waals surface area contributed by atoms with Gasteiger partial charge in [0.1, 0.15) is 42.0 Å². The molecule has 1 saturated heterocycles. The number of halogens is 2. The SMILES string of the molecule is C[C@@H]1NC(=O)[C@H](CO)NC(=O)[C@@H](Cc2ccccc2)NC(=O)C2(CCN(C(=O)c3ccc(OC(F)F)cc3)CC2)Oc2ccc(cc2)OCCNC1=O. The normalized spacial score (nSPS) is 21.4. The van der Waals surface area contributed by atoms with Gasteiger partial charge in [-0.2, -0.15) is 8.78 Å². The molecule has 3 aliphatic rings. The molecule has 3 aromatic carbocycles. The van der Waals surface area contributed by atoms with Gasteiger partial charge in [-0.15, -0.1) is 0 Å². The van der Waals surface area contributed by atoms with Crippen molar-refractivity contribution >= 4 is 29.5 Å². The number of fused-ring (bicyclic) bond motifs is 15. The van der Waals surface area contributed by atoms with E-state index in [0.717, 1.165) is 0 Å². The van der Waals surface area contributed by atoms with E-state index in [-0.39, 0.29) is 56.8 Å². The quantitative estimate of drug-likeness (QED) is 0.235. The topological polar surface area (TPSA) is 185 Å². The average molecular weight is 738 g/mol. The van der Waals surface area contributed by atoms with E-state index in [1.807, 2.05) is 0 Å². The molecule has 5 N–H and O–H groups in total. The lowest BCUT2D eigenvalue weighted by Gasteiger charge is -2.41. The molecule has 1 fully saturated rings. The Morgan fingerprint density at radius 1 is 0.868 bits per heavy atom. The molecule has 0 aromatic heterocycles. The third-order valence-corrected chi connectivity index (χ3v) is 8.88. The van der Waals surface area contributed by atoms with Crippen molar-refractivity contribution in [3.8, 4) is 17.2 Å². The number of ether oxygens (including phenoxy) is 3. The van der Waals surface area contributed by atoms with Crippen LogP contribution in [0, 0.1) is 0 Å². The van der Waals surface area contributed by atoms with Gasteiger partial charge in [-0.3, -0.25) is 24.0 Å². The molecule has 3 atom stereocenters. The zero-order chi connectivity index (χ0) is 38.0. The fourth-order valence-electron chi connectivity index (χ4n) is 5.93. The molecule has 3 aliphatic heterocycles. The van der Waals surface area contributed by atoms with Gasteiger partial charge in [0.05, 0.1) is 13.2 Å². The number of nitrogens with one attached hydrogen (secondary N) is 4. The number of carbonyl (C=O) groups excluding carboxylic acids is 5. The van der Waals surface area contributed by atoms with Crippen molar-refractivity contribution in [2.45, 2.75) is 56.5 Å². The highest BCUT2D eigenvalue weighted by atomic mass is 19.3. The van der Waals surface area contributed by atoms with E-state index in [4.69, 9.17) is 9.47 Å². The number of hydrogen-bond donors (Lipinski definition) is 5. The Kier molecular flexibility index (Phi) is 12.8. The first kappa shape index (κ1) is 38.5. The second kappa shape index (κ2) is 17.6. The van der Waals surface area contributed by atoms with E-state index < -0.39 is 66.5 Å². The first-order chi connectivity index (χ1) is 25.5. The minimum absolute atomic E-state index is 0.00827. The summed E-state index contributed by atoms with van der Waals surface area (Å²) in [6.45, 7) is -2.01. The lowest BCUT2D eigenvalue weighted by Crippen LogP contribution is -2.62. The highest BCUT2D eigenvalue weighted by Gasteiger charge is 2.46. The van der Waals surface area contributed by atoms with Crippen LogP contribution in [0.3, 0.4) is 0 Å². The molecular formula is C37H41F2N5O9. The van der Waals surface area contributed by atoms with Crippen LogP contribution in [0.5, 0.6) is 17.2 Å². The number of amides is 5. The largest absolute Gasteiger partial charge is 0.492 e. The lowest BCUT2D eigenvalue weighted by atomic mass is 9.88. The van der Waals surface area contributed by atoms with Gasteiger partial charge in [0.2, 0.25) is 17.7 Å². The van der Waals surface area contributed by atoms with Gasteiger partial charge in [0.25, 0.3) is 11.8 Å². The van der Waals surface area contributed by atoms with Gasteiger partial charge >= 0.3 is 6.61 Å². The van der Waals surface area contributed by atoms with E-state index >= 15 is 0 Å².